The van der Waals surface area contributed by atoms with E-state index in [9.17, 15) is 75.7 Å². The van der Waals surface area contributed by atoms with Gasteiger partial charge in [-0.1, -0.05) is 199 Å². The first kappa shape index (κ1) is 79.7. The van der Waals surface area contributed by atoms with Gasteiger partial charge in [-0.25, -0.2) is 4.79 Å². The second kappa shape index (κ2) is 46.5. The lowest BCUT2D eigenvalue weighted by Crippen LogP contribution is -2.70. The number of rotatable bonds is 51. The summed E-state index contributed by atoms with van der Waals surface area (Å²) < 4.78 is 34.8. The molecule has 88 heavy (non-hydrogen) atoms. The van der Waals surface area contributed by atoms with E-state index in [-0.39, 0.29) is 18.9 Å². The van der Waals surface area contributed by atoms with Crippen molar-refractivity contribution in [2.24, 2.45) is 0 Å². The second-order valence-corrected chi connectivity index (χ2v) is 25.0. The molecule has 516 valence electrons. The Kier molecular flexibility index (Phi) is 42.1. The van der Waals surface area contributed by atoms with Gasteiger partial charge in [-0.2, -0.15) is 0 Å². The Morgan fingerprint density at radius 2 is 1.06 bits per heavy atom. The zero-order chi connectivity index (χ0) is 64.7. The Morgan fingerprint density at radius 3 is 1.53 bits per heavy atom. The van der Waals surface area contributed by atoms with Gasteiger partial charge in [0.05, 0.1) is 50.7 Å². The third-order valence-electron chi connectivity index (χ3n) is 17.5. The number of carboxylic acids is 1. The van der Waals surface area contributed by atoms with Gasteiger partial charge in [-0.15, -0.1) is 0 Å². The van der Waals surface area contributed by atoms with E-state index in [1.807, 2.05) is 0 Å². The number of aliphatic hydroxyl groups excluding tert-OH is 11. The Bertz CT molecular complexity index is 1840. The molecule has 0 aromatic rings. The number of carbonyl (C=O) groups is 3. The fraction of sp³-hybridized carbons (Fsp3) is 0.923. The number of unbranched alkanes of at least 4 members (excludes halogenated alkanes) is 29. The van der Waals surface area contributed by atoms with Gasteiger partial charge in [0, 0.05) is 19.8 Å². The Balaban J connectivity index is 1.59. The van der Waals surface area contributed by atoms with E-state index in [0.29, 0.717) is 19.3 Å². The standard InChI is InChI=1S/C65H120N2O21/c1-4-6-8-10-12-14-16-18-19-20-21-22-23-24-25-27-29-31-33-35-37-39-52(75)67-46(47(72)38-36-34-32-30-28-26-17-15-13-11-9-7-5-2)44-83-62-57(79)56(78)59(51(43-70)85-62)86-63-58(80)61(55(77)50(42-69)84-63)88-65(64(81)82)40-48(73)53(66-45(3)71)60(87-65)54(76)49(74)41-68/h18-19,46-51,53-63,68-70,72-74,76-80H,4-17,20-44H2,1-3H3,(H,66,71)(H,67,75)(H,81,82). The van der Waals surface area contributed by atoms with Gasteiger partial charge < -0.3 is 100 Å². The number of hydrogen-bond donors (Lipinski definition) is 14. The summed E-state index contributed by atoms with van der Waals surface area (Å²) in [6, 6.07) is -2.53. The Labute approximate surface area is 524 Å². The lowest BCUT2D eigenvalue weighted by atomic mass is 9.88. The van der Waals surface area contributed by atoms with Gasteiger partial charge in [-0.3, -0.25) is 9.59 Å². The third-order valence-corrected chi connectivity index (χ3v) is 17.5. The summed E-state index contributed by atoms with van der Waals surface area (Å²) in [5.41, 5.74) is 0. The van der Waals surface area contributed by atoms with Crippen LogP contribution in [0.4, 0.5) is 0 Å². The van der Waals surface area contributed by atoms with Crippen LogP contribution in [0.1, 0.15) is 245 Å². The largest absolute Gasteiger partial charge is 0.477 e. The molecule has 3 aliphatic rings. The van der Waals surface area contributed by atoms with Gasteiger partial charge in [-0.05, 0) is 38.5 Å². The van der Waals surface area contributed by atoms with Gasteiger partial charge in [0.25, 0.3) is 5.79 Å². The molecule has 0 aromatic carbocycles. The molecule has 3 aliphatic heterocycles. The Hall–Kier alpha value is -2.53. The highest BCUT2D eigenvalue weighted by Gasteiger charge is 2.60. The van der Waals surface area contributed by atoms with Gasteiger partial charge in [0.15, 0.2) is 12.6 Å². The maximum absolute atomic E-state index is 13.4. The molecule has 3 heterocycles. The summed E-state index contributed by atoms with van der Waals surface area (Å²) in [7, 11) is 0. The molecule has 3 fully saturated rings. The van der Waals surface area contributed by atoms with Crippen molar-refractivity contribution in [3.8, 4) is 0 Å². The molecule has 14 N–H and O–H groups in total. The van der Waals surface area contributed by atoms with Crippen molar-refractivity contribution in [1.82, 2.24) is 10.6 Å². The maximum Gasteiger partial charge on any atom is 0.364 e. The van der Waals surface area contributed by atoms with Crippen LogP contribution in [0.15, 0.2) is 12.2 Å². The van der Waals surface area contributed by atoms with Crippen LogP contribution in [-0.4, -0.2) is 215 Å². The van der Waals surface area contributed by atoms with E-state index < -0.39 is 148 Å². The molecule has 0 spiro atoms. The van der Waals surface area contributed by atoms with Crippen LogP contribution in [0.3, 0.4) is 0 Å². The van der Waals surface area contributed by atoms with Crippen LogP contribution < -0.4 is 10.6 Å². The highest BCUT2D eigenvalue weighted by Crippen LogP contribution is 2.39. The van der Waals surface area contributed by atoms with Crippen LogP contribution in [0.2, 0.25) is 0 Å². The molecule has 2 amide bonds. The fourth-order valence-electron chi connectivity index (χ4n) is 12.0. The molecule has 0 bridgehead atoms. The van der Waals surface area contributed by atoms with E-state index >= 15 is 0 Å². The summed E-state index contributed by atoms with van der Waals surface area (Å²) in [5.74, 6) is -6.10. The minimum absolute atomic E-state index is 0.224. The molecular formula is C65H120N2O21. The van der Waals surface area contributed by atoms with Crippen molar-refractivity contribution in [3.05, 3.63) is 12.2 Å². The summed E-state index contributed by atoms with van der Waals surface area (Å²) in [4.78, 5) is 38.5. The smallest absolute Gasteiger partial charge is 0.364 e. The van der Waals surface area contributed by atoms with Crippen molar-refractivity contribution in [3.63, 3.8) is 0 Å². The number of allylic oxidation sites excluding steroid dienone is 2. The first-order valence-corrected chi connectivity index (χ1v) is 34.0. The van der Waals surface area contributed by atoms with E-state index in [4.69, 9.17) is 28.4 Å². The number of carbonyl (C=O) groups excluding carboxylic acids is 2. The first-order valence-electron chi connectivity index (χ1n) is 34.0. The van der Waals surface area contributed by atoms with Crippen molar-refractivity contribution >= 4 is 17.8 Å². The zero-order valence-electron chi connectivity index (χ0n) is 53.6. The molecule has 0 aliphatic carbocycles. The predicted octanol–water partition coefficient (Wildman–Crippen LogP) is 5.51. The van der Waals surface area contributed by atoms with E-state index in [1.165, 1.54) is 141 Å². The van der Waals surface area contributed by atoms with Crippen molar-refractivity contribution in [1.29, 1.82) is 0 Å². The minimum Gasteiger partial charge on any atom is -0.477 e. The average Bonchev–Trinajstić information content (AvgIpc) is 0.825. The van der Waals surface area contributed by atoms with Crippen molar-refractivity contribution < 1.29 is 104 Å². The summed E-state index contributed by atoms with van der Waals surface area (Å²) >= 11 is 0. The van der Waals surface area contributed by atoms with Gasteiger partial charge in [0.1, 0.15) is 67.1 Å². The number of aliphatic hydroxyl groups is 11. The van der Waals surface area contributed by atoms with Gasteiger partial charge in [0.2, 0.25) is 11.8 Å². The quantitative estimate of drug-likeness (QED) is 0.0264. The number of amides is 2. The molecule has 23 heteroatoms. The lowest BCUT2D eigenvalue weighted by Gasteiger charge is -2.50. The monoisotopic (exact) mass is 1260 g/mol. The average molecular weight is 1270 g/mol. The van der Waals surface area contributed by atoms with E-state index in [1.54, 1.807) is 0 Å². The summed E-state index contributed by atoms with van der Waals surface area (Å²) in [5, 5.41) is 136. The van der Waals surface area contributed by atoms with Crippen molar-refractivity contribution in [2.75, 3.05) is 26.4 Å². The highest BCUT2D eigenvalue weighted by molar-refractivity contribution is 5.77. The normalized spacial score (nSPS) is 29.0. The first-order chi connectivity index (χ1) is 42.4. The fourth-order valence-corrected chi connectivity index (χ4v) is 12.0. The highest BCUT2D eigenvalue weighted by atomic mass is 16.8. The summed E-state index contributed by atoms with van der Waals surface area (Å²) in [6.07, 6.45) is 13.6. The molecule has 3 rings (SSSR count). The van der Waals surface area contributed by atoms with Crippen LogP contribution in [0.25, 0.3) is 0 Å². The molecule has 18 unspecified atom stereocenters. The summed E-state index contributed by atoms with van der Waals surface area (Å²) in [6.45, 7) is 2.19. The number of aliphatic carboxylic acids is 1. The molecule has 18 atom stereocenters. The van der Waals surface area contributed by atoms with Crippen molar-refractivity contribution in [2.45, 2.75) is 355 Å². The predicted molar refractivity (Wildman–Crippen MR) is 329 cm³/mol. The molecule has 0 saturated carbocycles. The topological polar surface area (TPSA) is 373 Å². The minimum atomic E-state index is -3.08. The number of carboxylic acid groups (broad SMARTS) is 1. The maximum atomic E-state index is 13.4. The van der Waals surface area contributed by atoms with Crippen LogP contribution in [0.5, 0.6) is 0 Å². The molecule has 23 nitrogen and oxygen atoms in total. The third kappa shape index (κ3) is 29.2. The number of hydrogen-bond acceptors (Lipinski definition) is 20. The van der Waals surface area contributed by atoms with E-state index in [2.05, 4.69) is 36.6 Å². The zero-order valence-corrected chi connectivity index (χ0v) is 53.6. The molecule has 0 aromatic heterocycles. The molecule has 0 radical (unpaired) electrons. The number of nitrogens with one attached hydrogen (secondary N) is 2. The van der Waals surface area contributed by atoms with Crippen LogP contribution in [-0.2, 0) is 42.8 Å². The second-order valence-electron chi connectivity index (χ2n) is 25.0. The van der Waals surface area contributed by atoms with E-state index in [0.717, 1.165) is 58.3 Å². The Morgan fingerprint density at radius 1 is 0.580 bits per heavy atom. The molecule has 3 saturated heterocycles. The molecular weight excluding hydrogens is 1140 g/mol. The lowest BCUT2D eigenvalue weighted by molar-refractivity contribution is -0.386. The number of ether oxygens (including phenoxy) is 6. The van der Waals surface area contributed by atoms with Crippen LogP contribution in [0, 0.1) is 0 Å². The van der Waals surface area contributed by atoms with Crippen LogP contribution >= 0.6 is 0 Å². The SMILES string of the molecule is CCCCCCCCC=CCCCCCCCCCCCCCC(=O)NC(COC1OC(CO)C(OC2OC(CO)C(O)C(OC3(C(=O)O)CC(O)C(NC(C)=O)C(C(O)C(O)CO)O3)C2O)C(O)C1O)C(O)CCCCCCCCCCCCCCC. The van der Waals surface area contributed by atoms with Gasteiger partial charge >= 0.3 is 5.97 Å².